The second-order valence-electron chi connectivity index (χ2n) is 12.8. The largest absolute Gasteiger partial charge is 0.384 e. The standard InChI is InChI=1S/C34H43ClN10O2S/c1-4-42-12-14-43(15-13-42)18-23-20-48-32-29(25-19-41(2)27-5-6-28(36)39-30(25)27)26(35)17-24-31(32)45(23)34(46)40-33(24)44-10-7-22(8-11-44)38-21-37-9-16-47-3/h5-6,17,19,22-23H,4,7-16,18,20H2,1-3H3,(H2,36,39)/t23-/m0/s1. The van der Waals surface area contributed by atoms with Crippen molar-refractivity contribution in [1.82, 2.24) is 28.9 Å². The number of aliphatic imine (C=N–C) groups is 2. The van der Waals surface area contributed by atoms with Crippen molar-refractivity contribution >= 4 is 62.9 Å². The Hall–Kier alpha value is -3.45. The number of methoxy groups -OCH3 is 1. The molecule has 1 aromatic carbocycles. The minimum absolute atomic E-state index is 0.0139. The molecule has 3 aromatic heterocycles. The van der Waals surface area contributed by atoms with Crippen molar-refractivity contribution in [1.29, 1.82) is 0 Å². The maximum absolute atomic E-state index is 14.2. The van der Waals surface area contributed by atoms with Crippen LogP contribution in [0.15, 0.2) is 44.1 Å². The zero-order valence-electron chi connectivity index (χ0n) is 27.9. The Kier molecular flexibility index (Phi) is 9.77. The number of piperidine rings is 1. The summed E-state index contributed by atoms with van der Waals surface area (Å²) in [5.41, 5.74) is 10.4. The zero-order chi connectivity index (χ0) is 33.4. The Balaban J connectivity index is 1.31. The molecule has 12 nitrogen and oxygen atoms in total. The number of nitrogen functional groups attached to an aromatic ring is 1. The highest BCUT2D eigenvalue weighted by molar-refractivity contribution is 7.99. The molecule has 1 atom stereocenters. The van der Waals surface area contributed by atoms with Gasteiger partial charge in [-0.3, -0.25) is 9.47 Å². The van der Waals surface area contributed by atoms with E-state index in [2.05, 4.69) is 48.4 Å². The highest BCUT2D eigenvalue weighted by atomic mass is 35.5. The summed E-state index contributed by atoms with van der Waals surface area (Å²) in [5, 5.41) is 1.51. The van der Waals surface area contributed by atoms with Crippen molar-refractivity contribution in [3.63, 3.8) is 0 Å². The summed E-state index contributed by atoms with van der Waals surface area (Å²) < 4.78 is 9.06. The average molecular weight is 691 g/mol. The Labute approximate surface area is 289 Å². The molecular weight excluding hydrogens is 648 g/mol. The third kappa shape index (κ3) is 6.35. The van der Waals surface area contributed by atoms with E-state index in [1.165, 1.54) is 0 Å². The van der Waals surface area contributed by atoms with E-state index in [4.69, 9.17) is 32.0 Å². The topological polar surface area (TPSA) is 122 Å². The molecule has 14 heteroatoms. The number of piperazine rings is 1. The molecule has 2 N–H and O–H groups in total. The van der Waals surface area contributed by atoms with Crippen LogP contribution in [0.5, 0.6) is 0 Å². The quantitative estimate of drug-likeness (QED) is 0.203. The van der Waals surface area contributed by atoms with E-state index in [1.54, 1.807) is 18.9 Å². The number of nitrogens with zero attached hydrogens (tertiary/aromatic N) is 9. The summed E-state index contributed by atoms with van der Waals surface area (Å²) in [6.45, 7) is 10.7. The SMILES string of the molecule is CCN1CCN(C[C@H]2CSc3c(-c4cn(C)c5ccc(N)nc45)c(Cl)cc4c(N5CCC(N=C=NCCOC)CC5)nc(=O)n2c34)CC1. The van der Waals surface area contributed by atoms with Gasteiger partial charge in [0.15, 0.2) is 0 Å². The predicted octanol–water partition coefficient (Wildman–Crippen LogP) is 4.26. The maximum atomic E-state index is 14.2. The van der Waals surface area contributed by atoms with Crippen LogP contribution in [0.1, 0.15) is 25.8 Å². The molecule has 7 rings (SSSR count). The van der Waals surface area contributed by atoms with Crippen LogP contribution in [0, 0.1) is 0 Å². The number of aryl methyl sites for hydroxylation is 1. The Morgan fingerprint density at radius 1 is 1.12 bits per heavy atom. The number of halogens is 1. The molecule has 0 aliphatic carbocycles. The van der Waals surface area contributed by atoms with Crippen molar-refractivity contribution in [2.45, 2.75) is 36.7 Å². The van der Waals surface area contributed by atoms with Gasteiger partial charge in [0.25, 0.3) is 0 Å². The number of hydrogen-bond acceptors (Lipinski definition) is 11. The second kappa shape index (κ2) is 14.2. The molecule has 6 heterocycles. The van der Waals surface area contributed by atoms with Crippen LogP contribution in [0.25, 0.3) is 33.1 Å². The van der Waals surface area contributed by atoms with Gasteiger partial charge in [0.05, 0.1) is 52.8 Å². The molecule has 3 aliphatic rings. The lowest BCUT2D eigenvalue weighted by Crippen LogP contribution is -2.49. The number of pyridine rings is 1. The highest BCUT2D eigenvalue weighted by Gasteiger charge is 2.33. The van der Waals surface area contributed by atoms with Gasteiger partial charge in [0.2, 0.25) is 0 Å². The number of nitrogens with two attached hydrogens (primary N) is 1. The lowest BCUT2D eigenvalue weighted by Gasteiger charge is -2.38. The van der Waals surface area contributed by atoms with E-state index < -0.39 is 0 Å². The van der Waals surface area contributed by atoms with Gasteiger partial charge in [0, 0.05) is 93.3 Å². The van der Waals surface area contributed by atoms with Crippen LogP contribution in [-0.4, -0.2) is 119 Å². The first kappa shape index (κ1) is 33.1. The fraction of sp³-hybridized carbons (Fsp3) is 0.529. The average Bonchev–Trinajstić information content (AvgIpc) is 3.41. The smallest absolute Gasteiger partial charge is 0.350 e. The first-order valence-electron chi connectivity index (χ1n) is 16.8. The first-order chi connectivity index (χ1) is 23.4. The second-order valence-corrected chi connectivity index (χ2v) is 14.3. The number of benzene rings is 1. The predicted molar refractivity (Wildman–Crippen MR) is 195 cm³/mol. The fourth-order valence-corrected chi connectivity index (χ4v) is 8.93. The summed E-state index contributed by atoms with van der Waals surface area (Å²) in [7, 11) is 3.66. The number of rotatable bonds is 9. The maximum Gasteiger partial charge on any atom is 0.350 e. The van der Waals surface area contributed by atoms with Crippen LogP contribution < -0.4 is 16.3 Å². The van der Waals surface area contributed by atoms with Gasteiger partial charge in [-0.2, -0.15) is 4.98 Å². The normalized spacial score (nSPS) is 19.2. The van der Waals surface area contributed by atoms with Gasteiger partial charge < -0.3 is 24.8 Å². The lowest BCUT2D eigenvalue weighted by molar-refractivity contribution is 0.126. The van der Waals surface area contributed by atoms with E-state index in [1.807, 2.05) is 29.8 Å². The number of hydrogen-bond donors (Lipinski definition) is 1. The molecule has 4 aromatic rings. The van der Waals surface area contributed by atoms with E-state index in [0.717, 1.165) is 109 Å². The van der Waals surface area contributed by atoms with Crippen molar-refractivity contribution in [2.75, 3.05) is 89.0 Å². The monoisotopic (exact) mass is 690 g/mol. The summed E-state index contributed by atoms with van der Waals surface area (Å²) in [4.78, 5) is 40.7. The van der Waals surface area contributed by atoms with Crippen LogP contribution in [0.4, 0.5) is 11.6 Å². The third-order valence-corrected chi connectivity index (χ3v) is 11.4. The number of thioether (sulfide) groups is 1. The van der Waals surface area contributed by atoms with Gasteiger partial charge in [-0.15, -0.1) is 11.8 Å². The summed E-state index contributed by atoms with van der Waals surface area (Å²) >= 11 is 9.04. The minimum atomic E-state index is -0.213. The van der Waals surface area contributed by atoms with Gasteiger partial charge in [-0.1, -0.05) is 18.5 Å². The zero-order valence-corrected chi connectivity index (χ0v) is 29.4. The van der Waals surface area contributed by atoms with Crippen LogP contribution in [0.2, 0.25) is 5.02 Å². The first-order valence-corrected chi connectivity index (χ1v) is 18.2. The third-order valence-electron chi connectivity index (χ3n) is 9.87. The van der Waals surface area contributed by atoms with Crippen LogP contribution >= 0.6 is 23.4 Å². The van der Waals surface area contributed by atoms with Crippen molar-refractivity contribution in [2.24, 2.45) is 17.0 Å². The molecule has 2 fully saturated rings. The molecule has 3 aliphatic heterocycles. The number of aromatic nitrogens is 4. The van der Waals surface area contributed by atoms with E-state index in [9.17, 15) is 4.79 Å². The van der Waals surface area contributed by atoms with Gasteiger partial charge in [-0.25, -0.2) is 19.8 Å². The fourth-order valence-electron chi connectivity index (χ4n) is 7.25. The van der Waals surface area contributed by atoms with Crippen molar-refractivity contribution in [3.8, 4) is 11.1 Å². The number of anilines is 2. The Morgan fingerprint density at radius 2 is 1.90 bits per heavy atom. The molecular formula is C34H43ClN10O2S. The summed E-state index contributed by atoms with van der Waals surface area (Å²) in [6, 6.07) is 8.77. The lowest BCUT2D eigenvalue weighted by atomic mass is 10.0. The minimum Gasteiger partial charge on any atom is -0.384 e. The molecule has 2 saturated heterocycles. The molecule has 0 bridgehead atoms. The van der Waals surface area contributed by atoms with Crippen LogP contribution in [-0.2, 0) is 11.8 Å². The molecule has 48 heavy (non-hydrogen) atoms. The molecule has 0 saturated carbocycles. The Bertz CT molecular complexity index is 1940. The van der Waals surface area contributed by atoms with Gasteiger partial charge in [-0.05, 0) is 37.6 Å². The van der Waals surface area contributed by atoms with E-state index in [0.29, 0.717) is 29.8 Å². The molecule has 0 unspecified atom stereocenters. The van der Waals surface area contributed by atoms with E-state index in [-0.39, 0.29) is 17.8 Å². The number of fused-ring (bicyclic) bond motifs is 1. The Morgan fingerprint density at radius 3 is 2.65 bits per heavy atom. The number of likely N-dealkylation sites (N-methyl/N-ethyl adjacent to an activating group) is 1. The van der Waals surface area contributed by atoms with Crippen molar-refractivity contribution in [3.05, 3.63) is 39.9 Å². The highest BCUT2D eigenvalue weighted by Crippen LogP contribution is 2.49. The molecule has 0 spiro atoms. The van der Waals surface area contributed by atoms with Gasteiger partial charge in [0.1, 0.15) is 11.6 Å². The summed E-state index contributed by atoms with van der Waals surface area (Å²) in [6.07, 6.45) is 3.71. The summed E-state index contributed by atoms with van der Waals surface area (Å²) in [5.74, 6) is 1.89. The molecule has 254 valence electrons. The molecule has 0 radical (unpaired) electrons. The van der Waals surface area contributed by atoms with Gasteiger partial charge >= 0.3 is 5.69 Å². The van der Waals surface area contributed by atoms with Crippen molar-refractivity contribution < 1.29 is 4.74 Å². The molecule has 0 amide bonds. The van der Waals surface area contributed by atoms with E-state index >= 15 is 0 Å². The van der Waals surface area contributed by atoms with Crippen LogP contribution in [0.3, 0.4) is 0 Å². The number of ether oxygens (including phenoxy) is 1.